The molecule has 1 amide bonds. The van der Waals surface area contributed by atoms with Crippen LogP contribution in [0.2, 0.25) is 0 Å². The molecule has 0 aliphatic rings. The normalized spacial score (nSPS) is 10.5. The average Bonchev–Trinajstić information content (AvgIpc) is 2.71. The van der Waals surface area contributed by atoms with E-state index in [0.717, 1.165) is 5.56 Å². The second kappa shape index (κ2) is 9.05. The molecule has 7 heteroatoms. The minimum atomic E-state index is -2.99. The molecule has 29 heavy (non-hydrogen) atoms. The number of carbonyl (C=O) groups is 1. The molecule has 0 fully saturated rings. The fourth-order valence-corrected chi connectivity index (χ4v) is 2.59. The molecule has 0 saturated carbocycles. The number of alkyl halides is 2. The molecule has 5 nitrogen and oxygen atoms in total. The van der Waals surface area contributed by atoms with Gasteiger partial charge in [-0.25, -0.2) is 0 Å². The van der Waals surface area contributed by atoms with Crippen LogP contribution in [0, 0.1) is 6.92 Å². The summed E-state index contributed by atoms with van der Waals surface area (Å²) < 4.78 is 40.2. The number of rotatable bonds is 7. The van der Waals surface area contributed by atoms with E-state index in [4.69, 9.17) is 9.47 Å². The Morgan fingerprint density at radius 1 is 0.931 bits per heavy atom. The first-order valence-corrected chi connectivity index (χ1v) is 8.74. The lowest BCUT2D eigenvalue weighted by Gasteiger charge is -2.14. The molecule has 0 aromatic heterocycles. The van der Waals surface area contributed by atoms with Crippen LogP contribution >= 0.6 is 0 Å². The van der Waals surface area contributed by atoms with Crippen LogP contribution in [0.4, 0.5) is 14.5 Å². The summed E-state index contributed by atoms with van der Waals surface area (Å²) in [5.41, 5.74) is 1.78. The minimum Gasteiger partial charge on any atom is -0.493 e. The number of carbonyl (C=O) groups excluding carboxylic acids is 1. The van der Waals surface area contributed by atoms with Crippen molar-refractivity contribution in [1.82, 2.24) is 0 Å². The van der Waals surface area contributed by atoms with Crippen molar-refractivity contribution < 1.29 is 27.8 Å². The topological polar surface area (TPSA) is 56.8 Å². The highest BCUT2D eigenvalue weighted by Crippen LogP contribution is 2.32. The van der Waals surface area contributed by atoms with Gasteiger partial charge in [-0.2, -0.15) is 8.78 Å². The Morgan fingerprint density at radius 3 is 2.34 bits per heavy atom. The van der Waals surface area contributed by atoms with Crippen molar-refractivity contribution in [3.8, 4) is 23.0 Å². The van der Waals surface area contributed by atoms with Gasteiger partial charge >= 0.3 is 6.61 Å². The number of halogens is 2. The maximum Gasteiger partial charge on any atom is 0.387 e. The van der Waals surface area contributed by atoms with E-state index in [-0.39, 0.29) is 17.1 Å². The van der Waals surface area contributed by atoms with Gasteiger partial charge in [0.05, 0.1) is 12.8 Å². The molecule has 0 saturated heterocycles. The quantitative estimate of drug-likeness (QED) is 0.558. The molecule has 0 atom stereocenters. The van der Waals surface area contributed by atoms with E-state index in [1.165, 1.54) is 25.3 Å². The van der Waals surface area contributed by atoms with Crippen LogP contribution in [0.1, 0.15) is 15.9 Å². The Kier molecular flexibility index (Phi) is 6.29. The maximum absolute atomic E-state index is 12.7. The number of para-hydroxylation sites is 2. The largest absolute Gasteiger partial charge is 0.493 e. The van der Waals surface area contributed by atoms with Gasteiger partial charge in [0, 0.05) is 5.56 Å². The zero-order chi connectivity index (χ0) is 20.8. The minimum absolute atomic E-state index is 0.0298. The third-order valence-corrected chi connectivity index (χ3v) is 4.03. The summed E-state index contributed by atoms with van der Waals surface area (Å²) >= 11 is 0. The highest BCUT2D eigenvalue weighted by Gasteiger charge is 2.15. The van der Waals surface area contributed by atoms with E-state index in [1.54, 1.807) is 24.3 Å². The van der Waals surface area contributed by atoms with E-state index >= 15 is 0 Å². The zero-order valence-electron chi connectivity index (χ0n) is 15.8. The zero-order valence-corrected chi connectivity index (χ0v) is 15.8. The fourth-order valence-electron chi connectivity index (χ4n) is 2.59. The van der Waals surface area contributed by atoms with E-state index in [9.17, 15) is 13.6 Å². The van der Waals surface area contributed by atoms with E-state index in [2.05, 4.69) is 10.1 Å². The third-order valence-electron chi connectivity index (χ3n) is 4.03. The van der Waals surface area contributed by atoms with Crippen molar-refractivity contribution in [2.75, 3.05) is 12.4 Å². The lowest BCUT2D eigenvalue weighted by atomic mass is 10.1. The number of hydrogen-bond acceptors (Lipinski definition) is 4. The molecular formula is C22H19F2NO4. The Bertz CT molecular complexity index is 990. The first kappa shape index (κ1) is 20.1. The van der Waals surface area contributed by atoms with E-state index in [0.29, 0.717) is 17.2 Å². The standard InChI is InChI=1S/C22H19F2NO4/c1-14-7-10-16(11-8-14)28-18-6-4-3-5-17(18)25-21(26)15-9-12-19(29-22(23)24)20(13-15)27-2/h3-13,22H,1-2H3,(H,25,26). The summed E-state index contributed by atoms with van der Waals surface area (Å²) in [6, 6.07) is 18.5. The van der Waals surface area contributed by atoms with E-state index in [1.807, 2.05) is 31.2 Å². The smallest absolute Gasteiger partial charge is 0.387 e. The van der Waals surface area contributed by atoms with Crippen LogP contribution < -0.4 is 19.5 Å². The van der Waals surface area contributed by atoms with Gasteiger partial charge in [-0.05, 0) is 49.4 Å². The molecule has 150 valence electrons. The molecule has 0 radical (unpaired) electrons. The molecule has 0 aliphatic heterocycles. The van der Waals surface area contributed by atoms with Gasteiger partial charge in [-0.15, -0.1) is 0 Å². The molecule has 1 N–H and O–H groups in total. The Balaban J connectivity index is 1.79. The van der Waals surface area contributed by atoms with Gasteiger partial charge in [-0.1, -0.05) is 29.8 Å². The van der Waals surface area contributed by atoms with Crippen LogP contribution in [0.25, 0.3) is 0 Å². The van der Waals surface area contributed by atoms with Crippen LogP contribution in [-0.2, 0) is 0 Å². The number of ether oxygens (including phenoxy) is 3. The number of hydrogen-bond donors (Lipinski definition) is 1. The summed E-state index contributed by atoms with van der Waals surface area (Å²) in [4.78, 5) is 12.7. The summed E-state index contributed by atoms with van der Waals surface area (Å²) in [6.07, 6.45) is 0. The lowest BCUT2D eigenvalue weighted by molar-refractivity contribution is -0.0512. The Labute approximate surface area is 166 Å². The summed E-state index contributed by atoms with van der Waals surface area (Å²) in [5.74, 6) is 0.526. The van der Waals surface area contributed by atoms with Crippen molar-refractivity contribution in [1.29, 1.82) is 0 Å². The SMILES string of the molecule is COc1cc(C(=O)Nc2ccccc2Oc2ccc(C)cc2)ccc1OC(F)F. The van der Waals surface area contributed by atoms with Crippen molar-refractivity contribution in [3.05, 3.63) is 77.9 Å². The van der Waals surface area contributed by atoms with Gasteiger partial charge in [-0.3, -0.25) is 4.79 Å². The van der Waals surface area contributed by atoms with Crippen molar-refractivity contribution >= 4 is 11.6 Å². The van der Waals surface area contributed by atoms with Crippen molar-refractivity contribution in [2.24, 2.45) is 0 Å². The van der Waals surface area contributed by atoms with Gasteiger partial charge < -0.3 is 19.5 Å². The second-order valence-corrected chi connectivity index (χ2v) is 6.11. The second-order valence-electron chi connectivity index (χ2n) is 6.11. The maximum atomic E-state index is 12.7. The van der Waals surface area contributed by atoms with Crippen LogP contribution in [0.3, 0.4) is 0 Å². The van der Waals surface area contributed by atoms with Crippen LogP contribution in [0.15, 0.2) is 66.7 Å². The highest BCUT2D eigenvalue weighted by molar-refractivity contribution is 6.05. The summed E-state index contributed by atoms with van der Waals surface area (Å²) in [7, 11) is 1.31. The highest BCUT2D eigenvalue weighted by atomic mass is 19.3. The molecule has 3 rings (SSSR count). The van der Waals surface area contributed by atoms with Crippen molar-refractivity contribution in [3.63, 3.8) is 0 Å². The van der Waals surface area contributed by atoms with Crippen molar-refractivity contribution in [2.45, 2.75) is 13.5 Å². The predicted octanol–water partition coefficient (Wildman–Crippen LogP) is 5.65. The lowest BCUT2D eigenvalue weighted by Crippen LogP contribution is -2.13. The summed E-state index contributed by atoms with van der Waals surface area (Å²) in [5, 5.41) is 2.76. The average molecular weight is 399 g/mol. The molecule has 3 aromatic carbocycles. The number of nitrogens with one attached hydrogen (secondary N) is 1. The van der Waals surface area contributed by atoms with Gasteiger partial charge in [0.15, 0.2) is 17.2 Å². The van der Waals surface area contributed by atoms with Crippen LogP contribution in [0.5, 0.6) is 23.0 Å². The summed E-state index contributed by atoms with van der Waals surface area (Å²) in [6.45, 7) is -1.02. The number of anilines is 1. The van der Waals surface area contributed by atoms with Crippen LogP contribution in [-0.4, -0.2) is 19.6 Å². The molecular weight excluding hydrogens is 380 g/mol. The molecule has 0 spiro atoms. The monoisotopic (exact) mass is 399 g/mol. The van der Waals surface area contributed by atoms with Gasteiger partial charge in [0.25, 0.3) is 5.91 Å². The third kappa shape index (κ3) is 5.22. The first-order chi connectivity index (χ1) is 14.0. The number of aryl methyl sites for hydroxylation is 1. The number of amides is 1. The molecule has 0 unspecified atom stereocenters. The Morgan fingerprint density at radius 2 is 1.66 bits per heavy atom. The Hall–Kier alpha value is -3.61. The molecule has 3 aromatic rings. The van der Waals surface area contributed by atoms with Gasteiger partial charge in [0.1, 0.15) is 5.75 Å². The van der Waals surface area contributed by atoms with Gasteiger partial charge in [0.2, 0.25) is 0 Å². The fraction of sp³-hybridized carbons (Fsp3) is 0.136. The number of benzene rings is 3. The predicted molar refractivity (Wildman–Crippen MR) is 105 cm³/mol. The number of methoxy groups -OCH3 is 1. The van der Waals surface area contributed by atoms with E-state index < -0.39 is 12.5 Å². The molecule has 0 aliphatic carbocycles. The molecule has 0 heterocycles. The first-order valence-electron chi connectivity index (χ1n) is 8.74. The molecule has 0 bridgehead atoms.